The van der Waals surface area contributed by atoms with Crippen LogP contribution in [0.2, 0.25) is 0 Å². The Morgan fingerprint density at radius 1 is 1.28 bits per heavy atom. The molecule has 0 saturated carbocycles. The molecule has 1 aliphatic carbocycles. The van der Waals surface area contributed by atoms with Crippen LogP contribution in [0.5, 0.6) is 0 Å². The first kappa shape index (κ1) is 14.5. The van der Waals surface area contributed by atoms with E-state index in [2.05, 4.69) is 30.1 Å². The predicted molar refractivity (Wildman–Crippen MR) is 83.3 cm³/mol. The summed E-state index contributed by atoms with van der Waals surface area (Å²) in [6.45, 7) is 3.37. The molecule has 2 heteroatoms. The molecule has 0 bridgehead atoms. The molecule has 1 unspecified atom stereocenters. The minimum absolute atomic E-state index is 0.682. The van der Waals surface area contributed by atoms with Crippen LogP contribution in [0, 0.1) is 5.92 Å². The molecule has 18 heavy (non-hydrogen) atoms. The van der Waals surface area contributed by atoms with Gasteiger partial charge < -0.3 is 5.32 Å². The van der Waals surface area contributed by atoms with Crippen LogP contribution in [0.25, 0.3) is 0 Å². The third-order valence-electron chi connectivity index (χ3n) is 4.38. The van der Waals surface area contributed by atoms with Gasteiger partial charge in [-0.05, 0) is 68.9 Å². The first-order valence-corrected chi connectivity index (χ1v) is 9.05. The van der Waals surface area contributed by atoms with Gasteiger partial charge >= 0.3 is 0 Å². The van der Waals surface area contributed by atoms with E-state index in [1.54, 1.807) is 5.57 Å². The highest BCUT2D eigenvalue weighted by Gasteiger charge is 2.21. The molecule has 1 fully saturated rings. The Hall–Kier alpha value is 0.0500. The Morgan fingerprint density at radius 2 is 2.11 bits per heavy atom. The van der Waals surface area contributed by atoms with E-state index < -0.39 is 0 Å². The van der Waals surface area contributed by atoms with E-state index in [4.69, 9.17) is 0 Å². The van der Waals surface area contributed by atoms with Crippen LogP contribution in [-0.2, 0) is 0 Å². The van der Waals surface area contributed by atoms with Gasteiger partial charge in [-0.25, -0.2) is 0 Å². The van der Waals surface area contributed by atoms with E-state index >= 15 is 0 Å². The molecule has 0 amide bonds. The normalized spacial score (nSPS) is 24.4. The van der Waals surface area contributed by atoms with Crippen LogP contribution >= 0.6 is 11.8 Å². The summed E-state index contributed by atoms with van der Waals surface area (Å²) in [5.74, 6) is 3.75. The van der Waals surface area contributed by atoms with Crippen LogP contribution < -0.4 is 5.32 Å². The van der Waals surface area contributed by atoms with Crippen molar-refractivity contribution in [3.63, 3.8) is 0 Å². The minimum Gasteiger partial charge on any atom is -0.311 e. The molecule has 2 aliphatic rings. The summed E-state index contributed by atoms with van der Waals surface area (Å²) in [5, 5.41) is 3.75. The highest BCUT2D eigenvalue weighted by Crippen LogP contribution is 2.30. The maximum Gasteiger partial charge on any atom is 0.0281 e. The van der Waals surface area contributed by atoms with Gasteiger partial charge in [0, 0.05) is 6.04 Å². The maximum absolute atomic E-state index is 3.75. The summed E-state index contributed by atoms with van der Waals surface area (Å²) in [6, 6.07) is 0.682. The van der Waals surface area contributed by atoms with Gasteiger partial charge in [0.05, 0.1) is 0 Å². The van der Waals surface area contributed by atoms with Crippen molar-refractivity contribution in [2.24, 2.45) is 5.92 Å². The smallest absolute Gasteiger partial charge is 0.0281 e. The molecule has 1 nitrogen and oxygen atoms in total. The standard InChI is InChI=1S/C16H29NS/c1-2-17-16(13-14-9-11-18-12-10-14)15-7-5-3-4-6-8-15/h7,14,16-17H,2-6,8-13H2,1H3. The number of rotatable bonds is 5. The zero-order chi connectivity index (χ0) is 12.6. The molecule has 0 aromatic heterocycles. The third-order valence-corrected chi connectivity index (χ3v) is 5.43. The zero-order valence-corrected chi connectivity index (χ0v) is 12.7. The van der Waals surface area contributed by atoms with Crippen molar-refractivity contribution in [3.8, 4) is 0 Å². The van der Waals surface area contributed by atoms with Crippen LogP contribution in [0.1, 0.15) is 58.3 Å². The largest absolute Gasteiger partial charge is 0.311 e. The molecule has 0 aromatic rings. The Balaban J connectivity index is 1.90. The van der Waals surface area contributed by atoms with E-state index in [0.717, 1.165) is 12.5 Å². The van der Waals surface area contributed by atoms with Gasteiger partial charge in [-0.1, -0.05) is 25.0 Å². The van der Waals surface area contributed by atoms with Gasteiger partial charge in [0.1, 0.15) is 0 Å². The molecule has 0 radical (unpaired) electrons. The fourth-order valence-electron chi connectivity index (χ4n) is 3.28. The van der Waals surface area contributed by atoms with E-state index in [9.17, 15) is 0 Å². The second kappa shape index (κ2) is 8.27. The summed E-state index contributed by atoms with van der Waals surface area (Å²) in [6.07, 6.45) is 13.7. The van der Waals surface area contributed by atoms with Crippen LogP contribution in [0.4, 0.5) is 0 Å². The fraction of sp³-hybridized carbons (Fsp3) is 0.875. The van der Waals surface area contributed by atoms with Crippen molar-refractivity contribution >= 4 is 11.8 Å². The van der Waals surface area contributed by atoms with Crippen molar-refractivity contribution < 1.29 is 0 Å². The zero-order valence-electron chi connectivity index (χ0n) is 11.9. The lowest BCUT2D eigenvalue weighted by molar-refractivity contribution is 0.388. The van der Waals surface area contributed by atoms with Gasteiger partial charge in [0.2, 0.25) is 0 Å². The van der Waals surface area contributed by atoms with E-state index in [-0.39, 0.29) is 0 Å². The number of hydrogen-bond acceptors (Lipinski definition) is 2. The van der Waals surface area contributed by atoms with Crippen molar-refractivity contribution in [1.82, 2.24) is 5.32 Å². The number of likely N-dealkylation sites (N-methyl/N-ethyl adjacent to an activating group) is 1. The highest BCUT2D eigenvalue weighted by molar-refractivity contribution is 7.99. The number of allylic oxidation sites excluding steroid dienone is 1. The van der Waals surface area contributed by atoms with Gasteiger partial charge in [-0.2, -0.15) is 11.8 Å². The van der Waals surface area contributed by atoms with E-state index in [0.29, 0.717) is 6.04 Å². The molecule has 1 aliphatic heterocycles. The van der Waals surface area contributed by atoms with Gasteiger partial charge in [-0.3, -0.25) is 0 Å². The lowest BCUT2D eigenvalue weighted by Gasteiger charge is -2.28. The van der Waals surface area contributed by atoms with Gasteiger partial charge in [0.25, 0.3) is 0 Å². The molecular formula is C16H29NS. The lowest BCUT2D eigenvalue weighted by Crippen LogP contribution is -2.33. The molecule has 1 atom stereocenters. The third kappa shape index (κ3) is 4.62. The van der Waals surface area contributed by atoms with Crippen LogP contribution in [0.15, 0.2) is 11.6 Å². The van der Waals surface area contributed by atoms with Crippen molar-refractivity contribution in [1.29, 1.82) is 0 Å². The molecule has 1 N–H and O–H groups in total. The second-order valence-corrected chi connectivity index (χ2v) is 7.00. The van der Waals surface area contributed by atoms with E-state index in [1.165, 1.54) is 62.9 Å². The Bertz CT molecular complexity index is 256. The number of nitrogens with one attached hydrogen (secondary N) is 1. The molecule has 104 valence electrons. The Morgan fingerprint density at radius 3 is 2.89 bits per heavy atom. The average Bonchev–Trinajstić information content (AvgIpc) is 2.68. The highest BCUT2D eigenvalue weighted by atomic mass is 32.2. The second-order valence-electron chi connectivity index (χ2n) is 5.78. The first-order chi connectivity index (χ1) is 8.90. The minimum atomic E-state index is 0.682. The van der Waals surface area contributed by atoms with Gasteiger partial charge in [-0.15, -0.1) is 0 Å². The first-order valence-electron chi connectivity index (χ1n) is 7.90. The summed E-state index contributed by atoms with van der Waals surface area (Å²) in [5.41, 5.74) is 1.73. The summed E-state index contributed by atoms with van der Waals surface area (Å²) < 4.78 is 0. The summed E-state index contributed by atoms with van der Waals surface area (Å²) in [4.78, 5) is 0. The molecule has 0 aromatic carbocycles. The number of thioether (sulfide) groups is 1. The molecule has 1 saturated heterocycles. The lowest BCUT2D eigenvalue weighted by atomic mass is 9.89. The Labute approximate surface area is 117 Å². The van der Waals surface area contributed by atoms with Crippen LogP contribution in [0.3, 0.4) is 0 Å². The van der Waals surface area contributed by atoms with Crippen molar-refractivity contribution in [2.75, 3.05) is 18.1 Å². The van der Waals surface area contributed by atoms with Crippen molar-refractivity contribution in [2.45, 2.75) is 64.3 Å². The molecule has 1 heterocycles. The van der Waals surface area contributed by atoms with Crippen LogP contribution in [-0.4, -0.2) is 24.1 Å². The predicted octanol–water partition coefficient (Wildman–Crippen LogP) is 4.39. The van der Waals surface area contributed by atoms with E-state index in [1.807, 2.05) is 0 Å². The van der Waals surface area contributed by atoms with Gasteiger partial charge in [0.15, 0.2) is 0 Å². The summed E-state index contributed by atoms with van der Waals surface area (Å²) >= 11 is 2.14. The monoisotopic (exact) mass is 267 g/mol. The fourth-order valence-corrected chi connectivity index (χ4v) is 4.49. The molecule has 2 rings (SSSR count). The summed E-state index contributed by atoms with van der Waals surface area (Å²) in [7, 11) is 0. The Kier molecular flexibility index (Phi) is 6.64. The quantitative estimate of drug-likeness (QED) is 0.742. The molecular weight excluding hydrogens is 238 g/mol. The average molecular weight is 267 g/mol. The number of hydrogen-bond donors (Lipinski definition) is 1. The SMILES string of the molecule is CCNC(CC1CCSCC1)C1=CCCCCC1. The topological polar surface area (TPSA) is 12.0 Å². The van der Waals surface area contributed by atoms with Crippen molar-refractivity contribution in [3.05, 3.63) is 11.6 Å². The maximum atomic E-state index is 3.75. The molecule has 0 spiro atoms.